The number of hydrogen-bond donors (Lipinski definition) is 2. The first-order valence-electron chi connectivity index (χ1n) is 12.1. The van der Waals surface area contributed by atoms with Crippen LogP contribution in [0.5, 0.6) is 5.88 Å². The summed E-state index contributed by atoms with van der Waals surface area (Å²) in [6, 6.07) is 6.67. The fraction of sp³-hybridized carbons (Fsp3) is 0.444. The molecule has 0 fully saturated rings. The van der Waals surface area contributed by atoms with Gasteiger partial charge in [0.25, 0.3) is 5.91 Å². The number of carbonyl (C=O) groups is 2. The number of carbonyl (C=O) groups excluding carboxylic acids is 2. The van der Waals surface area contributed by atoms with E-state index in [-0.39, 0.29) is 42.1 Å². The molecule has 0 saturated carbocycles. The number of halogens is 1. The Balaban J connectivity index is 1.88. The molecule has 2 N–H and O–H groups in total. The van der Waals surface area contributed by atoms with E-state index in [1.54, 1.807) is 43.3 Å². The summed E-state index contributed by atoms with van der Waals surface area (Å²) < 4.78 is 20.2. The van der Waals surface area contributed by atoms with Crippen molar-refractivity contribution in [3.05, 3.63) is 53.5 Å². The third-order valence-electron chi connectivity index (χ3n) is 6.04. The van der Waals surface area contributed by atoms with Crippen LogP contribution >= 0.6 is 0 Å². The summed E-state index contributed by atoms with van der Waals surface area (Å²) >= 11 is 0. The molecule has 36 heavy (non-hydrogen) atoms. The average Bonchev–Trinajstić information content (AvgIpc) is 2.87. The fourth-order valence-electron chi connectivity index (χ4n) is 3.80. The van der Waals surface area contributed by atoms with Gasteiger partial charge in [0.05, 0.1) is 24.9 Å². The Bertz CT molecular complexity index is 1150. The molecule has 8 nitrogen and oxygen atoms in total. The van der Waals surface area contributed by atoms with Crippen molar-refractivity contribution in [1.29, 1.82) is 0 Å². The minimum atomic E-state index is -0.530. The topological polar surface area (TPSA) is 95.0 Å². The molecular formula is C27H33FN4O4. The first kappa shape index (κ1) is 27.0. The van der Waals surface area contributed by atoms with E-state index in [0.717, 1.165) is 12.8 Å². The van der Waals surface area contributed by atoms with Gasteiger partial charge >= 0.3 is 6.03 Å². The second-order valence-electron chi connectivity index (χ2n) is 9.04. The molecular weight excluding hydrogens is 463 g/mol. The van der Waals surface area contributed by atoms with Crippen LogP contribution in [0, 0.1) is 23.6 Å². The number of unbranched alkanes of at least 4 members (excludes halogenated alkanes) is 1. The number of amides is 3. The summed E-state index contributed by atoms with van der Waals surface area (Å²) in [7, 11) is 1.59. The number of aliphatic hydroxyl groups excluding tert-OH is 1. The van der Waals surface area contributed by atoms with Crippen molar-refractivity contribution in [2.45, 2.75) is 45.8 Å². The molecule has 0 unspecified atom stereocenters. The number of rotatable bonds is 6. The van der Waals surface area contributed by atoms with Gasteiger partial charge in [-0.2, -0.15) is 0 Å². The van der Waals surface area contributed by atoms with Crippen molar-refractivity contribution in [2.75, 3.05) is 32.1 Å². The number of fused-ring (bicyclic) bond motifs is 1. The molecule has 1 aliphatic heterocycles. The summed E-state index contributed by atoms with van der Waals surface area (Å²) in [6.45, 7) is 5.98. The highest BCUT2D eigenvalue weighted by Crippen LogP contribution is 2.27. The zero-order chi connectivity index (χ0) is 26.2. The maximum absolute atomic E-state index is 14.0. The van der Waals surface area contributed by atoms with Crippen LogP contribution in [0.1, 0.15) is 49.5 Å². The number of ether oxygens (including phenoxy) is 1. The monoisotopic (exact) mass is 496 g/mol. The SMILES string of the molecule is CCCC#Cc1cnc2c(c1)C(=O)N([C@@H](C)CO)C[C@@H](C)[C@H](CN(C)C(=O)Nc1ccccc1F)O2. The molecule has 0 bridgehead atoms. The summed E-state index contributed by atoms with van der Waals surface area (Å²) in [5.41, 5.74) is 0.939. The lowest BCUT2D eigenvalue weighted by molar-refractivity contribution is 0.0356. The van der Waals surface area contributed by atoms with E-state index in [0.29, 0.717) is 12.1 Å². The Hall–Kier alpha value is -3.64. The Labute approximate surface area is 211 Å². The van der Waals surface area contributed by atoms with Crippen molar-refractivity contribution >= 4 is 17.6 Å². The number of aromatic nitrogens is 1. The molecule has 0 spiro atoms. The van der Waals surface area contributed by atoms with E-state index in [4.69, 9.17) is 4.74 Å². The Morgan fingerprint density at radius 1 is 1.42 bits per heavy atom. The van der Waals surface area contributed by atoms with Gasteiger partial charge in [0.15, 0.2) is 0 Å². The number of nitrogens with zero attached hydrogens (tertiary/aromatic N) is 3. The Morgan fingerprint density at radius 2 is 2.17 bits per heavy atom. The highest BCUT2D eigenvalue weighted by molar-refractivity contribution is 5.97. The van der Waals surface area contributed by atoms with Crippen molar-refractivity contribution in [3.8, 4) is 17.7 Å². The summed E-state index contributed by atoms with van der Waals surface area (Å²) in [6.07, 6.45) is 2.70. The highest BCUT2D eigenvalue weighted by Gasteiger charge is 2.34. The fourth-order valence-corrected chi connectivity index (χ4v) is 3.80. The van der Waals surface area contributed by atoms with Crippen molar-refractivity contribution < 1.29 is 23.8 Å². The van der Waals surface area contributed by atoms with Crippen LogP contribution in [0.3, 0.4) is 0 Å². The molecule has 2 heterocycles. The van der Waals surface area contributed by atoms with E-state index >= 15 is 0 Å². The van der Waals surface area contributed by atoms with Gasteiger partial charge in [0.1, 0.15) is 17.5 Å². The number of urea groups is 1. The largest absolute Gasteiger partial charge is 0.472 e. The lowest BCUT2D eigenvalue weighted by Crippen LogP contribution is -2.50. The number of likely N-dealkylation sites (N-methyl/N-ethyl adjacent to an activating group) is 1. The second kappa shape index (κ2) is 12.4. The number of anilines is 1. The number of aliphatic hydroxyl groups is 1. The number of para-hydroxylation sites is 1. The van der Waals surface area contributed by atoms with E-state index < -0.39 is 24.0 Å². The van der Waals surface area contributed by atoms with Gasteiger partial charge < -0.3 is 25.0 Å². The quantitative estimate of drug-likeness (QED) is 0.594. The molecule has 9 heteroatoms. The van der Waals surface area contributed by atoms with Gasteiger partial charge in [-0.1, -0.05) is 37.8 Å². The van der Waals surface area contributed by atoms with Gasteiger partial charge in [0, 0.05) is 37.7 Å². The van der Waals surface area contributed by atoms with E-state index in [9.17, 15) is 19.1 Å². The maximum Gasteiger partial charge on any atom is 0.321 e. The normalized spacial score (nSPS) is 18.1. The lowest BCUT2D eigenvalue weighted by Gasteiger charge is -2.37. The summed E-state index contributed by atoms with van der Waals surface area (Å²) in [4.78, 5) is 33.6. The molecule has 3 atom stereocenters. The van der Waals surface area contributed by atoms with Crippen LogP contribution in [0.25, 0.3) is 0 Å². The lowest BCUT2D eigenvalue weighted by atomic mass is 10.00. The predicted molar refractivity (Wildman–Crippen MR) is 135 cm³/mol. The smallest absolute Gasteiger partial charge is 0.321 e. The summed E-state index contributed by atoms with van der Waals surface area (Å²) in [5, 5.41) is 12.4. The van der Waals surface area contributed by atoms with Crippen molar-refractivity contribution in [1.82, 2.24) is 14.8 Å². The zero-order valence-electron chi connectivity index (χ0n) is 21.1. The minimum absolute atomic E-state index is 0.0817. The van der Waals surface area contributed by atoms with Crippen molar-refractivity contribution in [3.63, 3.8) is 0 Å². The first-order valence-corrected chi connectivity index (χ1v) is 12.1. The second-order valence-corrected chi connectivity index (χ2v) is 9.04. The minimum Gasteiger partial charge on any atom is -0.472 e. The molecule has 1 aliphatic rings. The van der Waals surface area contributed by atoms with Crippen LogP contribution < -0.4 is 10.1 Å². The summed E-state index contributed by atoms with van der Waals surface area (Å²) in [5.74, 6) is 5.19. The van der Waals surface area contributed by atoms with Gasteiger partial charge in [-0.3, -0.25) is 4.79 Å². The number of pyridine rings is 1. The molecule has 1 aromatic heterocycles. The first-order chi connectivity index (χ1) is 17.2. The predicted octanol–water partition coefficient (Wildman–Crippen LogP) is 3.76. The molecule has 3 rings (SSSR count). The van der Waals surface area contributed by atoms with E-state index in [1.165, 1.54) is 17.0 Å². The van der Waals surface area contributed by atoms with Gasteiger partial charge in [-0.05, 0) is 31.5 Å². The van der Waals surface area contributed by atoms with Crippen LogP contribution in [0.15, 0.2) is 36.5 Å². The van der Waals surface area contributed by atoms with Crippen LogP contribution in [0.4, 0.5) is 14.9 Å². The van der Waals surface area contributed by atoms with E-state index in [2.05, 4.69) is 22.1 Å². The average molecular weight is 497 g/mol. The van der Waals surface area contributed by atoms with Gasteiger partial charge in [-0.15, -0.1) is 0 Å². The van der Waals surface area contributed by atoms with Crippen LogP contribution in [-0.2, 0) is 0 Å². The molecule has 192 valence electrons. The van der Waals surface area contributed by atoms with Crippen LogP contribution in [-0.4, -0.2) is 70.7 Å². The Kier molecular flexibility index (Phi) is 9.25. The van der Waals surface area contributed by atoms with Gasteiger partial charge in [0.2, 0.25) is 5.88 Å². The van der Waals surface area contributed by atoms with Gasteiger partial charge in [-0.25, -0.2) is 14.2 Å². The number of hydrogen-bond acceptors (Lipinski definition) is 5. The van der Waals surface area contributed by atoms with Crippen LogP contribution in [0.2, 0.25) is 0 Å². The number of nitrogens with one attached hydrogen (secondary N) is 1. The van der Waals surface area contributed by atoms with E-state index in [1.807, 2.05) is 13.8 Å². The molecule has 0 radical (unpaired) electrons. The highest BCUT2D eigenvalue weighted by atomic mass is 19.1. The molecule has 3 amide bonds. The molecule has 2 aromatic rings. The molecule has 0 aliphatic carbocycles. The number of benzene rings is 1. The third-order valence-corrected chi connectivity index (χ3v) is 6.04. The molecule has 1 aromatic carbocycles. The van der Waals surface area contributed by atoms with Crippen molar-refractivity contribution in [2.24, 2.45) is 5.92 Å². The molecule has 0 saturated heterocycles. The third kappa shape index (κ3) is 6.52. The maximum atomic E-state index is 14.0. The Morgan fingerprint density at radius 3 is 2.86 bits per heavy atom. The zero-order valence-corrected chi connectivity index (χ0v) is 21.1. The standard InChI is InChI=1S/C27H33FN4O4/c1-5-6-7-10-20-13-21-25(29-14-20)36-24(18(2)15-32(26(21)34)19(3)17-33)16-31(4)27(35)30-23-12-9-8-11-22(23)28/h8-9,11-14,18-19,24,33H,5-6,15-17H2,1-4H3,(H,30,35)/t18-,19+,24+/m1/s1.